The molecular formula is C21H26N4O3. The summed E-state index contributed by atoms with van der Waals surface area (Å²) < 4.78 is 9.18. The summed E-state index contributed by atoms with van der Waals surface area (Å²) in [7, 11) is 0. The molecule has 148 valence electrons. The molecule has 2 aliphatic heterocycles. The van der Waals surface area contributed by atoms with Crippen molar-refractivity contribution in [3.63, 3.8) is 0 Å². The van der Waals surface area contributed by atoms with Crippen LogP contribution in [0.3, 0.4) is 0 Å². The Morgan fingerprint density at radius 1 is 1.21 bits per heavy atom. The van der Waals surface area contributed by atoms with Crippen LogP contribution >= 0.6 is 0 Å². The van der Waals surface area contributed by atoms with Crippen LogP contribution in [0.25, 0.3) is 0 Å². The molecule has 2 unspecified atom stereocenters. The van der Waals surface area contributed by atoms with Crippen LogP contribution in [-0.4, -0.2) is 43.8 Å². The molecule has 2 fully saturated rings. The quantitative estimate of drug-likeness (QED) is 0.790. The van der Waals surface area contributed by atoms with Crippen LogP contribution in [0.15, 0.2) is 29.1 Å². The van der Waals surface area contributed by atoms with E-state index in [2.05, 4.69) is 5.10 Å². The van der Waals surface area contributed by atoms with Crippen molar-refractivity contribution in [3.05, 3.63) is 46.1 Å². The Kier molecular flexibility index (Phi) is 4.25. The summed E-state index contributed by atoms with van der Waals surface area (Å²) in [5.74, 6) is 2.16. The monoisotopic (exact) mass is 382 g/mol. The van der Waals surface area contributed by atoms with Crippen molar-refractivity contribution in [2.24, 2.45) is 5.92 Å². The lowest BCUT2D eigenvalue weighted by atomic mass is 10.1. The third kappa shape index (κ3) is 3.23. The maximum atomic E-state index is 12.9. The van der Waals surface area contributed by atoms with Crippen molar-refractivity contribution in [2.45, 2.75) is 64.2 Å². The maximum absolute atomic E-state index is 12.9. The van der Waals surface area contributed by atoms with Gasteiger partial charge in [-0.1, -0.05) is 12.1 Å². The number of carbonyl (C=O) groups is 1. The molecule has 2 bridgehead atoms. The Morgan fingerprint density at radius 2 is 2.04 bits per heavy atom. The first-order chi connectivity index (χ1) is 13.6. The molecule has 0 radical (unpaired) electrons. The number of amides is 1. The lowest BCUT2D eigenvalue weighted by Gasteiger charge is -2.27. The molecule has 2 aromatic rings. The predicted octanol–water partition coefficient (Wildman–Crippen LogP) is 1.76. The Balaban J connectivity index is 1.30. The van der Waals surface area contributed by atoms with E-state index in [4.69, 9.17) is 4.74 Å². The molecule has 3 heterocycles. The molecule has 1 aliphatic carbocycles. The molecule has 3 aliphatic rings. The van der Waals surface area contributed by atoms with Gasteiger partial charge < -0.3 is 9.64 Å². The summed E-state index contributed by atoms with van der Waals surface area (Å²) in [4.78, 5) is 27.7. The molecule has 5 rings (SSSR count). The van der Waals surface area contributed by atoms with Crippen LogP contribution in [0.5, 0.6) is 5.75 Å². The normalized spacial score (nSPS) is 23.4. The highest BCUT2D eigenvalue weighted by atomic mass is 16.5. The number of carbonyl (C=O) groups excluding carboxylic acids is 1. The lowest BCUT2D eigenvalue weighted by molar-refractivity contribution is -0.136. The van der Waals surface area contributed by atoms with E-state index in [0.29, 0.717) is 24.6 Å². The highest BCUT2D eigenvalue weighted by molar-refractivity contribution is 5.79. The van der Waals surface area contributed by atoms with E-state index in [1.807, 2.05) is 36.1 Å². The van der Waals surface area contributed by atoms with Crippen molar-refractivity contribution in [1.29, 1.82) is 0 Å². The Morgan fingerprint density at radius 3 is 2.82 bits per heavy atom. The van der Waals surface area contributed by atoms with Gasteiger partial charge in [-0.2, -0.15) is 5.10 Å². The number of rotatable bonds is 5. The predicted molar refractivity (Wildman–Crippen MR) is 103 cm³/mol. The van der Waals surface area contributed by atoms with Gasteiger partial charge in [0.1, 0.15) is 11.6 Å². The van der Waals surface area contributed by atoms with Crippen LogP contribution in [-0.2, 0) is 24.3 Å². The minimum Gasteiger partial charge on any atom is -0.484 e. The molecule has 1 aromatic heterocycles. The van der Waals surface area contributed by atoms with E-state index in [1.54, 1.807) is 9.25 Å². The Bertz CT molecular complexity index is 959. The van der Waals surface area contributed by atoms with E-state index >= 15 is 0 Å². The molecule has 1 aromatic carbocycles. The van der Waals surface area contributed by atoms with E-state index in [9.17, 15) is 9.59 Å². The van der Waals surface area contributed by atoms with Gasteiger partial charge in [-0.3, -0.25) is 9.36 Å². The van der Waals surface area contributed by atoms with Gasteiger partial charge in [0.05, 0.1) is 6.04 Å². The summed E-state index contributed by atoms with van der Waals surface area (Å²) in [5, 5.41) is 4.60. The first-order valence-corrected chi connectivity index (χ1v) is 10.3. The van der Waals surface area contributed by atoms with E-state index < -0.39 is 0 Å². The summed E-state index contributed by atoms with van der Waals surface area (Å²) in [5.41, 5.74) is 1.09. The van der Waals surface area contributed by atoms with Gasteiger partial charge in [0, 0.05) is 25.6 Å². The van der Waals surface area contributed by atoms with Crippen molar-refractivity contribution < 1.29 is 9.53 Å². The summed E-state index contributed by atoms with van der Waals surface area (Å²) >= 11 is 0. The van der Waals surface area contributed by atoms with Crippen LogP contribution in [0.2, 0.25) is 0 Å². The minimum atomic E-state index is -0.0159. The average molecular weight is 382 g/mol. The van der Waals surface area contributed by atoms with Gasteiger partial charge in [-0.25, -0.2) is 9.48 Å². The van der Waals surface area contributed by atoms with Gasteiger partial charge in [0.15, 0.2) is 6.61 Å². The number of hydrogen-bond donors (Lipinski definition) is 0. The third-order valence-corrected chi connectivity index (χ3v) is 6.20. The van der Waals surface area contributed by atoms with E-state index in [1.165, 1.54) is 12.8 Å². The largest absolute Gasteiger partial charge is 0.484 e. The highest BCUT2D eigenvalue weighted by Crippen LogP contribution is 2.32. The summed E-state index contributed by atoms with van der Waals surface area (Å²) in [6, 6.07) is 7.89. The fourth-order valence-corrected chi connectivity index (χ4v) is 4.58. The fraction of sp³-hybridized carbons (Fsp3) is 0.571. The van der Waals surface area contributed by atoms with Gasteiger partial charge in [0.25, 0.3) is 5.91 Å². The van der Waals surface area contributed by atoms with Crippen molar-refractivity contribution >= 4 is 5.91 Å². The fourth-order valence-electron chi connectivity index (χ4n) is 4.58. The number of benzene rings is 1. The minimum absolute atomic E-state index is 0.00179. The lowest BCUT2D eigenvalue weighted by Crippen LogP contribution is -2.45. The first-order valence-electron chi connectivity index (χ1n) is 10.3. The zero-order valence-corrected chi connectivity index (χ0v) is 16.2. The summed E-state index contributed by atoms with van der Waals surface area (Å²) in [6.45, 7) is 3.32. The second-order valence-corrected chi connectivity index (χ2v) is 8.43. The first kappa shape index (κ1) is 17.5. The molecule has 1 amide bonds. The number of fused-ring (bicyclic) bond motifs is 3. The standard InChI is InChI=1S/C21H26N4O3/c1-14-3-2-4-18(9-14)28-13-20(26)25-16-7-8-17(25)12-23-19(10-16)22-24(21(23)27)11-15-5-6-15/h2-4,9,15-17H,5-8,10-13H2,1H3. The zero-order valence-electron chi connectivity index (χ0n) is 16.2. The second kappa shape index (κ2) is 6.79. The van der Waals surface area contributed by atoms with Crippen LogP contribution in [0.4, 0.5) is 0 Å². The van der Waals surface area contributed by atoms with Gasteiger partial charge >= 0.3 is 5.69 Å². The van der Waals surface area contributed by atoms with Crippen molar-refractivity contribution in [3.8, 4) is 5.75 Å². The Labute approximate surface area is 163 Å². The molecule has 7 nitrogen and oxygen atoms in total. The molecule has 1 saturated carbocycles. The van der Waals surface area contributed by atoms with E-state index in [-0.39, 0.29) is 30.3 Å². The van der Waals surface area contributed by atoms with Crippen LogP contribution in [0.1, 0.15) is 37.1 Å². The van der Waals surface area contributed by atoms with Crippen molar-refractivity contribution in [2.75, 3.05) is 6.61 Å². The number of aromatic nitrogens is 3. The smallest absolute Gasteiger partial charge is 0.345 e. The SMILES string of the molecule is Cc1cccc(OCC(=O)N2C3CCC2Cn2c(nn(CC4CC4)c2=O)C3)c1. The molecular weight excluding hydrogens is 356 g/mol. The molecule has 0 spiro atoms. The average Bonchev–Trinajstić information content (AvgIpc) is 3.36. The molecule has 0 N–H and O–H groups in total. The number of hydrogen-bond acceptors (Lipinski definition) is 4. The topological polar surface area (TPSA) is 69.4 Å². The molecule has 28 heavy (non-hydrogen) atoms. The highest BCUT2D eigenvalue weighted by Gasteiger charge is 2.41. The molecule has 7 heteroatoms. The third-order valence-electron chi connectivity index (χ3n) is 6.20. The van der Waals surface area contributed by atoms with Gasteiger partial charge in [-0.15, -0.1) is 0 Å². The molecule has 1 saturated heterocycles. The Hall–Kier alpha value is -2.57. The number of aryl methyl sites for hydroxylation is 1. The van der Waals surface area contributed by atoms with Gasteiger partial charge in [0.2, 0.25) is 0 Å². The zero-order chi connectivity index (χ0) is 19.3. The van der Waals surface area contributed by atoms with Crippen molar-refractivity contribution in [1.82, 2.24) is 19.2 Å². The van der Waals surface area contributed by atoms with Gasteiger partial charge in [-0.05, 0) is 56.2 Å². The van der Waals surface area contributed by atoms with Crippen LogP contribution < -0.4 is 10.4 Å². The number of nitrogens with zero attached hydrogens (tertiary/aromatic N) is 4. The number of ether oxygens (including phenoxy) is 1. The molecule has 2 atom stereocenters. The van der Waals surface area contributed by atoms with E-state index in [0.717, 1.165) is 30.8 Å². The summed E-state index contributed by atoms with van der Waals surface area (Å²) in [6.07, 6.45) is 4.94. The maximum Gasteiger partial charge on any atom is 0.345 e. The van der Waals surface area contributed by atoms with Crippen LogP contribution in [0, 0.1) is 12.8 Å². The second-order valence-electron chi connectivity index (χ2n) is 8.43.